The summed E-state index contributed by atoms with van der Waals surface area (Å²) in [7, 11) is 1.60. The number of aromatic nitrogens is 2. The molecule has 1 aliphatic carbocycles. The van der Waals surface area contributed by atoms with Gasteiger partial charge in [-0.3, -0.25) is 14.2 Å². The maximum Gasteiger partial charge on any atom is 0.241 e. The summed E-state index contributed by atoms with van der Waals surface area (Å²) < 4.78 is 29.0. The maximum atomic E-state index is 12.9. The summed E-state index contributed by atoms with van der Waals surface area (Å²) in [5.74, 6) is 1.39. The van der Waals surface area contributed by atoms with Crippen LogP contribution < -0.4 is 25.0 Å². The van der Waals surface area contributed by atoms with Gasteiger partial charge >= 0.3 is 0 Å². The Labute approximate surface area is 224 Å². The zero-order chi connectivity index (χ0) is 26.5. The second kappa shape index (κ2) is 12.4. The molecule has 37 heavy (non-hydrogen) atoms. The fourth-order valence-electron chi connectivity index (χ4n) is 4.93. The highest BCUT2D eigenvalue weighted by Gasteiger charge is 2.28. The molecule has 3 atom stereocenters. The van der Waals surface area contributed by atoms with Gasteiger partial charge < -0.3 is 20.3 Å². The Kier molecular flexibility index (Phi) is 9.19. The number of hydrogen-bond donors (Lipinski definition) is 4. The number of rotatable bonds is 9. The number of likely N-dealkylation sites (N-methyl/N-ethyl adjacent to an activating group) is 2. The van der Waals surface area contributed by atoms with Crippen molar-refractivity contribution < 1.29 is 18.3 Å². The number of anilines is 4. The molecule has 2 aliphatic rings. The predicted octanol–water partition coefficient (Wildman–Crippen LogP) is 3.52. The van der Waals surface area contributed by atoms with E-state index in [1.54, 1.807) is 12.0 Å². The average molecular weight is 552 g/mol. The van der Waals surface area contributed by atoms with Gasteiger partial charge in [-0.1, -0.05) is 31.4 Å². The fourth-order valence-corrected chi connectivity index (χ4v) is 5.62. The highest BCUT2D eigenvalue weighted by atomic mass is 35.5. The van der Waals surface area contributed by atoms with E-state index in [9.17, 15) is 13.6 Å². The fraction of sp³-hybridized carbons (Fsp3) is 0.542. The number of ether oxygens (including phenoxy) is 1. The van der Waals surface area contributed by atoms with Gasteiger partial charge in [0.1, 0.15) is 10.8 Å². The van der Waals surface area contributed by atoms with Gasteiger partial charge in [0.15, 0.2) is 5.82 Å². The van der Waals surface area contributed by atoms with Crippen LogP contribution in [0.4, 0.5) is 23.1 Å². The van der Waals surface area contributed by atoms with Gasteiger partial charge in [-0.15, -0.1) is 0 Å². The molecule has 1 aromatic carbocycles. The van der Waals surface area contributed by atoms with Gasteiger partial charge in [-0.25, -0.2) is 13.9 Å². The topological polar surface area (TPSA) is 132 Å². The van der Waals surface area contributed by atoms with Crippen LogP contribution in [-0.2, 0) is 22.6 Å². The maximum absolute atomic E-state index is 12.9. The summed E-state index contributed by atoms with van der Waals surface area (Å²) in [5.41, 5.74) is 2.46. The van der Waals surface area contributed by atoms with Crippen LogP contribution >= 0.6 is 11.6 Å². The zero-order valence-corrected chi connectivity index (χ0v) is 22.9. The third-order valence-corrected chi connectivity index (χ3v) is 7.62. The first-order valence-electron chi connectivity index (χ1n) is 12.5. The molecule has 1 fully saturated rings. The molecule has 202 valence electrons. The molecule has 11 nitrogen and oxygen atoms in total. The Morgan fingerprint density at radius 2 is 1.95 bits per heavy atom. The molecule has 1 saturated carbocycles. The number of benzene rings is 1. The second-order valence-corrected chi connectivity index (χ2v) is 10.3. The number of nitrogens with zero attached hydrogens (tertiary/aromatic N) is 4. The molecule has 2 aromatic rings. The van der Waals surface area contributed by atoms with Crippen LogP contribution in [0.15, 0.2) is 18.3 Å². The third kappa shape index (κ3) is 6.50. The van der Waals surface area contributed by atoms with Crippen molar-refractivity contribution in [1.29, 1.82) is 0 Å². The minimum absolute atomic E-state index is 0.0490. The van der Waals surface area contributed by atoms with Crippen molar-refractivity contribution >= 4 is 51.9 Å². The van der Waals surface area contributed by atoms with E-state index < -0.39 is 11.3 Å². The lowest BCUT2D eigenvalue weighted by Crippen LogP contribution is -2.46. The molecule has 13 heteroatoms. The molecule has 1 aromatic heterocycles. The van der Waals surface area contributed by atoms with Crippen LogP contribution in [0.1, 0.15) is 45.1 Å². The normalized spacial score (nSPS) is 21.2. The van der Waals surface area contributed by atoms with Gasteiger partial charge in [0.2, 0.25) is 23.1 Å². The van der Waals surface area contributed by atoms with Gasteiger partial charge in [0, 0.05) is 25.2 Å². The monoisotopic (exact) mass is 551 g/mol. The standard InChI is InChI=1S/C24H34ClN7O4S/c1-4-31-13-15-10-21(36-3)19(11-20(15)32(5-2)22(33)14-31)28-24-26-12-16(25)23(29-24)27-17-8-6-7-9-18(17)30-37(34)35/h10-12,17-18,30H,4-9,13-14H2,1-3H3,(H,34,35)(H2,26,27,28,29)/t17-,18-/m1/s1. The van der Waals surface area contributed by atoms with Crippen LogP contribution in [0.3, 0.4) is 0 Å². The molecule has 1 unspecified atom stereocenters. The lowest BCUT2D eigenvalue weighted by molar-refractivity contribution is -0.119. The number of carbonyl (C=O) groups excluding carboxylic acids is 1. The molecule has 2 heterocycles. The molecular formula is C24H34ClN7O4S. The SMILES string of the molecule is CCN1CC(=O)N(CC)c2cc(Nc3ncc(Cl)c(N[C@@H]4CCCC[C@H]4NS(=O)O)n3)c(OC)cc2C1. The number of fused-ring (bicyclic) bond motifs is 1. The van der Waals surface area contributed by atoms with Gasteiger partial charge in [-0.05, 0) is 44.0 Å². The quantitative estimate of drug-likeness (QED) is 0.345. The largest absolute Gasteiger partial charge is 0.495 e. The Hall–Kier alpha value is -2.51. The minimum Gasteiger partial charge on any atom is -0.495 e. The first kappa shape index (κ1) is 27.5. The van der Waals surface area contributed by atoms with Crippen LogP contribution in [-0.4, -0.2) is 68.4 Å². The van der Waals surface area contributed by atoms with E-state index in [1.165, 1.54) is 6.20 Å². The summed E-state index contributed by atoms with van der Waals surface area (Å²) in [6.45, 7) is 6.33. The Bertz CT molecular complexity index is 1150. The summed E-state index contributed by atoms with van der Waals surface area (Å²) in [6, 6.07) is 3.55. The van der Waals surface area contributed by atoms with Gasteiger partial charge in [-0.2, -0.15) is 4.98 Å². The third-order valence-electron chi connectivity index (χ3n) is 6.84. The Balaban J connectivity index is 1.62. The van der Waals surface area contributed by atoms with Crippen molar-refractivity contribution in [3.05, 3.63) is 28.9 Å². The number of halogens is 1. The molecule has 0 radical (unpaired) electrons. The van der Waals surface area contributed by atoms with E-state index in [1.807, 2.05) is 26.0 Å². The van der Waals surface area contributed by atoms with E-state index >= 15 is 0 Å². The molecule has 4 N–H and O–H groups in total. The molecule has 0 bridgehead atoms. The van der Waals surface area contributed by atoms with Crippen LogP contribution in [0.25, 0.3) is 0 Å². The van der Waals surface area contributed by atoms with E-state index in [2.05, 4.69) is 30.2 Å². The smallest absolute Gasteiger partial charge is 0.241 e. The highest BCUT2D eigenvalue weighted by molar-refractivity contribution is 7.77. The molecule has 0 saturated heterocycles. The first-order chi connectivity index (χ1) is 17.8. The zero-order valence-electron chi connectivity index (χ0n) is 21.3. The first-order valence-corrected chi connectivity index (χ1v) is 14.0. The highest BCUT2D eigenvalue weighted by Crippen LogP contribution is 2.37. The molecule has 4 rings (SSSR count). The van der Waals surface area contributed by atoms with Crippen LogP contribution in [0.2, 0.25) is 5.02 Å². The summed E-state index contributed by atoms with van der Waals surface area (Å²) in [4.78, 5) is 25.7. The van der Waals surface area contributed by atoms with Crippen molar-refractivity contribution in [3.63, 3.8) is 0 Å². The van der Waals surface area contributed by atoms with E-state index in [-0.39, 0.29) is 18.0 Å². The number of methoxy groups -OCH3 is 1. The van der Waals surface area contributed by atoms with Gasteiger partial charge in [0.25, 0.3) is 0 Å². The summed E-state index contributed by atoms with van der Waals surface area (Å²) in [6.07, 6.45) is 5.06. The van der Waals surface area contributed by atoms with Gasteiger partial charge in [0.05, 0.1) is 31.2 Å². The molecular weight excluding hydrogens is 518 g/mol. The van der Waals surface area contributed by atoms with E-state index in [0.29, 0.717) is 47.9 Å². The van der Waals surface area contributed by atoms with E-state index in [4.69, 9.17) is 16.3 Å². The molecule has 1 amide bonds. The summed E-state index contributed by atoms with van der Waals surface area (Å²) in [5, 5.41) is 6.90. The number of nitrogens with one attached hydrogen (secondary N) is 3. The molecule has 1 aliphatic heterocycles. The number of amides is 1. The van der Waals surface area contributed by atoms with Crippen molar-refractivity contribution in [2.45, 2.75) is 58.2 Å². The summed E-state index contributed by atoms with van der Waals surface area (Å²) >= 11 is 4.30. The van der Waals surface area contributed by atoms with Crippen molar-refractivity contribution in [2.24, 2.45) is 0 Å². The Morgan fingerprint density at radius 3 is 2.62 bits per heavy atom. The number of hydrogen-bond acceptors (Lipinski definition) is 8. The minimum atomic E-state index is -2.11. The van der Waals surface area contributed by atoms with Crippen LogP contribution in [0.5, 0.6) is 5.75 Å². The van der Waals surface area contributed by atoms with Crippen molar-refractivity contribution in [2.75, 3.05) is 42.3 Å². The average Bonchev–Trinajstić information content (AvgIpc) is 3.01. The Morgan fingerprint density at radius 1 is 1.19 bits per heavy atom. The predicted molar refractivity (Wildman–Crippen MR) is 146 cm³/mol. The van der Waals surface area contributed by atoms with E-state index in [0.717, 1.165) is 43.5 Å². The lowest BCUT2D eigenvalue weighted by Gasteiger charge is -2.32. The second-order valence-electron chi connectivity index (χ2n) is 9.15. The molecule has 0 spiro atoms. The number of carbonyl (C=O) groups is 1. The van der Waals surface area contributed by atoms with Crippen molar-refractivity contribution in [3.8, 4) is 5.75 Å². The van der Waals surface area contributed by atoms with Crippen molar-refractivity contribution in [1.82, 2.24) is 19.6 Å². The van der Waals surface area contributed by atoms with Crippen LogP contribution in [0, 0.1) is 0 Å². The lowest BCUT2D eigenvalue weighted by atomic mass is 9.91.